The first-order valence-electron chi connectivity index (χ1n) is 36.4. The third-order valence-corrected chi connectivity index (χ3v) is 13.9. The first-order valence-corrected chi connectivity index (χ1v) is 28.9. The molecule has 5 nitrogen and oxygen atoms in total. The van der Waals surface area contributed by atoms with Crippen LogP contribution in [0, 0.1) is 13.8 Å². The summed E-state index contributed by atoms with van der Waals surface area (Å²) in [6.45, 7) is 4.08. The summed E-state index contributed by atoms with van der Waals surface area (Å²) in [7, 11) is 0. The van der Waals surface area contributed by atoms with Gasteiger partial charge in [-0.2, -0.15) is 0 Å². The predicted molar refractivity (Wildman–Crippen MR) is 383 cm³/mol. The molecule has 432 valence electrons. The molecule has 14 rings (SSSR count). The molecule has 0 aliphatic heterocycles. The van der Waals surface area contributed by atoms with E-state index in [1.54, 1.807) is 24.3 Å². The van der Waals surface area contributed by atoms with Crippen LogP contribution in [-0.4, -0.2) is 0 Å². The van der Waals surface area contributed by atoms with Crippen molar-refractivity contribution in [2.45, 2.75) is 13.8 Å². The number of fused-ring (bicyclic) bond motifs is 1. The highest BCUT2D eigenvalue weighted by Crippen LogP contribution is 2.39. The van der Waals surface area contributed by atoms with Gasteiger partial charge in [0.1, 0.15) is 0 Å². The van der Waals surface area contributed by atoms with Gasteiger partial charge in [-0.05, 0) is 191 Å². The van der Waals surface area contributed by atoms with Crippen LogP contribution in [0.15, 0.2) is 370 Å². The van der Waals surface area contributed by atoms with Gasteiger partial charge in [0.25, 0.3) is 0 Å². The van der Waals surface area contributed by atoms with Gasteiger partial charge in [0, 0.05) is 62.3 Å². The molecule has 0 radical (unpaired) electrons. The number of hydrogen-bond acceptors (Lipinski definition) is 5. The molecule has 0 fully saturated rings. The Morgan fingerprint density at radius 2 is 0.584 bits per heavy atom. The Morgan fingerprint density at radius 1 is 0.247 bits per heavy atom. The molecule has 14 aromatic rings. The fourth-order valence-corrected chi connectivity index (χ4v) is 9.75. The van der Waals surface area contributed by atoms with E-state index in [0.29, 0.717) is 16.8 Å². The number of aryl methyl sites for hydroxylation is 2. The van der Waals surface area contributed by atoms with Crippen LogP contribution in [0.1, 0.15) is 31.7 Å². The third-order valence-electron chi connectivity index (χ3n) is 13.9. The Hall–Kier alpha value is -11.7. The first-order chi connectivity index (χ1) is 50.1. The van der Waals surface area contributed by atoms with Gasteiger partial charge in [-0.15, -0.1) is 0 Å². The van der Waals surface area contributed by atoms with Crippen molar-refractivity contribution >= 4 is 73.3 Å². The second-order valence-electron chi connectivity index (χ2n) is 20.4. The first kappa shape index (κ1) is 43.0. The molecule has 0 atom stereocenters. The Kier molecular flexibility index (Phi) is 14.7. The number of para-hydroxylation sites is 4. The van der Waals surface area contributed by atoms with Crippen LogP contribution in [0.3, 0.4) is 0 Å². The molecule has 0 heterocycles. The highest BCUT2D eigenvalue weighted by molar-refractivity contribution is 5.99. The quantitative estimate of drug-likeness (QED) is 0.0874. The lowest BCUT2D eigenvalue weighted by Gasteiger charge is -2.27. The van der Waals surface area contributed by atoms with Gasteiger partial charge in [-0.1, -0.05) is 242 Å². The minimum Gasteiger partial charge on any atom is -0.356 e. The molecule has 0 aromatic heterocycles. The Bertz CT molecular complexity index is 5200. The lowest BCUT2D eigenvalue weighted by Crippen LogP contribution is -2.10. The summed E-state index contributed by atoms with van der Waals surface area (Å²) in [5.74, 6) is 0. The number of benzene rings is 14. The normalized spacial score (nSPS) is 12.7. The second-order valence-corrected chi connectivity index (χ2v) is 20.4. The molecular weight excluding hydrogens is 1080 g/mol. The molecule has 89 heavy (non-hydrogen) atoms. The Balaban J connectivity index is 0.000000140. The van der Waals surface area contributed by atoms with Crippen LogP contribution in [0.25, 0.3) is 44.2 Å². The van der Waals surface area contributed by atoms with Gasteiger partial charge in [0.05, 0.1) is 26.2 Å². The summed E-state index contributed by atoms with van der Waals surface area (Å²) in [5.41, 5.74) is 16.1. The molecule has 4 N–H and O–H groups in total. The van der Waals surface area contributed by atoms with E-state index in [1.807, 2.05) is 141 Å². The van der Waals surface area contributed by atoms with E-state index in [1.165, 1.54) is 27.6 Å². The summed E-state index contributed by atoms with van der Waals surface area (Å²) in [5, 5.41) is 15.4. The van der Waals surface area contributed by atoms with Gasteiger partial charge >= 0.3 is 0 Å². The van der Waals surface area contributed by atoms with Gasteiger partial charge in [-0.3, -0.25) is 0 Å². The average molecular weight is 1170 g/mol. The SMILES string of the molecule is [2H]c1c([2H])c([2H])c(-c2ccc(Nc3cc(C)cc(C)c3)cc2)c([2H])c1[2H].[2H]c1c([2H])c([2H])c(-c2ccc(Nc3ccccc3)cc2)c([2H])c1[2H].[2H]c1c([2H])c([2H])c(Nc2ccc(-c3ccccc3)cc2)c([2H])c1[2H].c1ccc(Nc2ccc(N(c3ccccc3)c3cccc4ccccc34)cc2)cc1. The van der Waals surface area contributed by atoms with Crippen LogP contribution >= 0.6 is 0 Å². The summed E-state index contributed by atoms with van der Waals surface area (Å²) in [6.07, 6.45) is 0. The van der Waals surface area contributed by atoms with Crippen molar-refractivity contribution in [1.29, 1.82) is 0 Å². The topological polar surface area (TPSA) is 51.4 Å². The van der Waals surface area contributed by atoms with E-state index in [9.17, 15) is 0 Å². The maximum Gasteiger partial charge on any atom is 0.0645 e. The van der Waals surface area contributed by atoms with Crippen LogP contribution in [-0.2, 0) is 0 Å². The van der Waals surface area contributed by atoms with Crippen LogP contribution in [0.2, 0.25) is 0 Å². The molecule has 0 aliphatic carbocycles. The zero-order chi connectivity index (χ0) is 73.7. The largest absolute Gasteiger partial charge is 0.356 e. The van der Waals surface area contributed by atoms with E-state index in [0.717, 1.165) is 56.6 Å². The minimum atomic E-state index is -0.394. The molecule has 0 amide bonds. The van der Waals surface area contributed by atoms with Crippen molar-refractivity contribution in [3.63, 3.8) is 0 Å². The highest BCUT2D eigenvalue weighted by Gasteiger charge is 2.15. The van der Waals surface area contributed by atoms with Crippen molar-refractivity contribution in [2.75, 3.05) is 26.2 Å². The molecule has 5 heteroatoms. The van der Waals surface area contributed by atoms with Crippen molar-refractivity contribution in [3.05, 3.63) is 381 Å². The number of anilines is 11. The molecule has 14 aromatic carbocycles. The monoisotopic (exact) mass is 1160 g/mol. The minimum absolute atomic E-state index is 0.0773. The number of rotatable bonds is 14. The zero-order valence-electron chi connectivity index (χ0n) is 64.0. The standard InChI is InChI=1S/C28H22N2.C20H19N.2C18H15N/c1-3-12-23(13-4-1)29-24-18-20-26(21-19-24)30(25-14-5-2-6-15-25)28-17-9-11-22-10-7-8-16-27(22)28;1-15-12-16(2)14-20(13-15)21-19-10-8-18(9-11-19)17-6-4-3-5-7-17;2*1-3-7-15(8-4-1)16-11-13-18(14-12-16)19-17-9-5-2-6-10-17/h1-21,29H;3-14,21H,1-2H3;2*1-14,19H/i;3D,4D,5D,6D,7D;2D,5D,6D,9D,10D;1D,3D,4D,7D,8D. The summed E-state index contributed by atoms with van der Waals surface area (Å²) in [6, 6.07) is 87.6. The van der Waals surface area contributed by atoms with E-state index in [4.69, 9.17) is 20.6 Å². The molecule has 0 unspecified atom stereocenters. The third kappa shape index (κ3) is 17.0. The van der Waals surface area contributed by atoms with Crippen molar-refractivity contribution in [1.82, 2.24) is 0 Å². The molecule has 0 saturated heterocycles. The van der Waals surface area contributed by atoms with Crippen LogP contribution in [0.4, 0.5) is 62.6 Å². The summed E-state index contributed by atoms with van der Waals surface area (Å²) in [4.78, 5) is 2.31. The Morgan fingerprint density at radius 3 is 1.07 bits per heavy atom. The van der Waals surface area contributed by atoms with Crippen molar-refractivity contribution in [3.8, 4) is 33.4 Å². The van der Waals surface area contributed by atoms with E-state index in [2.05, 4.69) is 154 Å². The zero-order valence-corrected chi connectivity index (χ0v) is 49.0. The van der Waals surface area contributed by atoms with Gasteiger partial charge in [-0.25, -0.2) is 0 Å². The highest BCUT2D eigenvalue weighted by atomic mass is 15.1. The summed E-state index contributed by atoms with van der Waals surface area (Å²) >= 11 is 0. The van der Waals surface area contributed by atoms with E-state index >= 15 is 0 Å². The average Bonchev–Trinajstić information content (AvgIpc) is 0.788. The van der Waals surface area contributed by atoms with E-state index < -0.39 is 6.04 Å². The molecule has 0 bridgehead atoms. The second kappa shape index (κ2) is 30.4. The van der Waals surface area contributed by atoms with Crippen molar-refractivity contribution < 1.29 is 20.6 Å². The van der Waals surface area contributed by atoms with Crippen LogP contribution in [0.5, 0.6) is 0 Å². The number of nitrogens with zero attached hydrogens (tertiary/aromatic N) is 1. The van der Waals surface area contributed by atoms with Gasteiger partial charge in [0.2, 0.25) is 0 Å². The fourth-order valence-electron chi connectivity index (χ4n) is 9.75. The number of hydrogen-bond donors (Lipinski definition) is 4. The molecular formula is C84H71N5. The Labute approximate surface area is 546 Å². The predicted octanol–water partition coefficient (Wildman–Crippen LogP) is 24.0. The maximum absolute atomic E-state index is 8.06. The number of nitrogens with one attached hydrogen (secondary N) is 4. The molecule has 0 spiro atoms. The lowest BCUT2D eigenvalue weighted by molar-refractivity contribution is 1.30. The fraction of sp³-hybridized carbons (Fsp3) is 0.0238. The van der Waals surface area contributed by atoms with Gasteiger partial charge < -0.3 is 26.2 Å². The van der Waals surface area contributed by atoms with Crippen molar-refractivity contribution in [2.24, 2.45) is 0 Å². The molecule has 0 aliphatic rings. The lowest BCUT2D eigenvalue weighted by atomic mass is 10.1. The maximum atomic E-state index is 8.06. The van der Waals surface area contributed by atoms with E-state index in [-0.39, 0.29) is 101 Å². The molecule has 0 saturated carbocycles. The van der Waals surface area contributed by atoms with Crippen LogP contribution < -0.4 is 26.2 Å². The van der Waals surface area contributed by atoms with Gasteiger partial charge in [0.15, 0.2) is 0 Å². The summed E-state index contributed by atoms with van der Waals surface area (Å²) < 4.78 is 117. The smallest absolute Gasteiger partial charge is 0.0645 e.